The van der Waals surface area contributed by atoms with Crippen molar-refractivity contribution in [1.29, 1.82) is 0 Å². The fourth-order valence-corrected chi connectivity index (χ4v) is 1.11. The van der Waals surface area contributed by atoms with Crippen molar-refractivity contribution < 1.29 is 9.53 Å². The quantitative estimate of drug-likeness (QED) is 0.753. The van der Waals surface area contributed by atoms with E-state index in [1.807, 2.05) is 38.1 Å². The molecule has 3 nitrogen and oxygen atoms in total. The maximum atomic E-state index is 11.2. The molecule has 0 aliphatic carbocycles. The maximum Gasteiger partial charge on any atom is 0.325 e. The third kappa shape index (κ3) is 4.49. The van der Waals surface area contributed by atoms with Crippen LogP contribution in [-0.2, 0) is 9.53 Å². The molecule has 0 heterocycles. The summed E-state index contributed by atoms with van der Waals surface area (Å²) >= 11 is 0. The summed E-state index contributed by atoms with van der Waals surface area (Å²) in [4.78, 5) is 11.2. The van der Waals surface area contributed by atoms with E-state index < -0.39 is 0 Å². The van der Waals surface area contributed by atoms with E-state index in [1.54, 1.807) is 0 Å². The van der Waals surface area contributed by atoms with Gasteiger partial charge < -0.3 is 10.1 Å². The van der Waals surface area contributed by atoms with Gasteiger partial charge in [-0.3, -0.25) is 4.79 Å². The largest absolute Gasteiger partial charge is 0.464 e. The van der Waals surface area contributed by atoms with E-state index >= 15 is 0 Å². The van der Waals surface area contributed by atoms with E-state index in [9.17, 15) is 4.79 Å². The Hall–Kier alpha value is -1.51. The molecule has 0 aliphatic rings. The normalized spacial score (nSPS) is 9.73. The van der Waals surface area contributed by atoms with Crippen LogP contribution in [0, 0.1) is 6.92 Å². The number of carbonyl (C=O) groups excluding carboxylic acids is 1. The third-order valence-electron chi connectivity index (χ3n) is 1.96. The predicted molar refractivity (Wildman–Crippen MR) is 60.9 cm³/mol. The van der Waals surface area contributed by atoms with Crippen molar-refractivity contribution in [3.05, 3.63) is 29.8 Å². The van der Waals surface area contributed by atoms with Crippen LogP contribution in [0.3, 0.4) is 0 Å². The highest BCUT2D eigenvalue weighted by atomic mass is 16.5. The van der Waals surface area contributed by atoms with Crippen molar-refractivity contribution in [2.24, 2.45) is 0 Å². The molecule has 0 fully saturated rings. The van der Waals surface area contributed by atoms with E-state index in [1.165, 1.54) is 5.56 Å². The summed E-state index contributed by atoms with van der Waals surface area (Å²) in [5, 5.41) is 3.01. The number of hydrogen-bond acceptors (Lipinski definition) is 3. The van der Waals surface area contributed by atoms with Crippen LogP contribution < -0.4 is 5.32 Å². The lowest BCUT2D eigenvalue weighted by Crippen LogP contribution is -2.17. The van der Waals surface area contributed by atoms with Crippen LogP contribution in [0.2, 0.25) is 0 Å². The monoisotopic (exact) mass is 207 g/mol. The highest BCUT2D eigenvalue weighted by Gasteiger charge is 2.00. The topological polar surface area (TPSA) is 38.3 Å². The van der Waals surface area contributed by atoms with Gasteiger partial charge in [0.05, 0.1) is 6.61 Å². The Labute approximate surface area is 90.4 Å². The van der Waals surface area contributed by atoms with Crippen LogP contribution in [-0.4, -0.2) is 19.1 Å². The first kappa shape index (κ1) is 11.6. The molecule has 0 radical (unpaired) electrons. The molecule has 0 bridgehead atoms. The van der Waals surface area contributed by atoms with Gasteiger partial charge in [0.2, 0.25) is 0 Å². The lowest BCUT2D eigenvalue weighted by atomic mass is 10.2. The first-order valence-corrected chi connectivity index (χ1v) is 5.18. The second-order valence-electron chi connectivity index (χ2n) is 3.44. The molecule has 0 aliphatic heterocycles. The van der Waals surface area contributed by atoms with Crippen molar-refractivity contribution in [3.63, 3.8) is 0 Å². The Morgan fingerprint density at radius 1 is 1.33 bits per heavy atom. The second kappa shape index (κ2) is 6.06. The first-order chi connectivity index (χ1) is 7.22. The van der Waals surface area contributed by atoms with Crippen LogP contribution in [0.15, 0.2) is 24.3 Å². The predicted octanol–water partition coefficient (Wildman–Crippen LogP) is 2.36. The van der Waals surface area contributed by atoms with E-state index in [-0.39, 0.29) is 12.5 Å². The van der Waals surface area contributed by atoms with Crippen molar-refractivity contribution in [2.75, 3.05) is 18.5 Å². The van der Waals surface area contributed by atoms with Crippen LogP contribution in [0.5, 0.6) is 0 Å². The Morgan fingerprint density at radius 3 is 2.60 bits per heavy atom. The third-order valence-corrected chi connectivity index (χ3v) is 1.96. The molecule has 0 saturated carbocycles. The number of anilines is 1. The molecule has 0 amide bonds. The van der Waals surface area contributed by atoms with E-state index in [2.05, 4.69) is 5.32 Å². The van der Waals surface area contributed by atoms with Gasteiger partial charge >= 0.3 is 5.97 Å². The molecule has 1 rings (SSSR count). The van der Waals surface area contributed by atoms with Gasteiger partial charge in [-0.2, -0.15) is 0 Å². The summed E-state index contributed by atoms with van der Waals surface area (Å²) in [6.45, 7) is 4.72. The Bertz CT molecular complexity index is 306. The average molecular weight is 207 g/mol. The Balaban J connectivity index is 2.30. The fraction of sp³-hybridized carbons (Fsp3) is 0.417. The van der Waals surface area contributed by atoms with Crippen molar-refractivity contribution >= 4 is 11.7 Å². The molecule has 1 aromatic carbocycles. The molecule has 0 unspecified atom stereocenters. The number of nitrogens with one attached hydrogen (secondary N) is 1. The Kier molecular flexibility index (Phi) is 4.68. The lowest BCUT2D eigenvalue weighted by molar-refractivity contribution is -0.141. The van der Waals surface area contributed by atoms with Gasteiger partial charge in [0.25, 0.3) is 0 Å². The second-order valence-corrected chi connectivity index (χ2v) is 3.44. The minimum Gasteiger partial charge on any atom is -0.464 e. The van der Waals surface area contributed by atoms with Gasteiger partial charge in [0, 0.05) is 5.69 Å². The van der Waals surface area contributed by atoms with Crippen LogP contribution in [0.25, 0.3) is 0 Å². The number of rotatable bonds is 5. The number of carbonyl (C=O) groups is 1. The van der Waals surface area contributed by atoms with E-state index in [4.69, 9.17) is 4.74 Å². The number of benzene rings is 1. The van der Waals surface area contributed by atoms with Crippen LogP contribution >= 0.6 is 0 Å². The summed E-state index contributed by atoms with van der Waals surface area (Å²) in [6.07, 6.45) is 0.857. The molecule has 82 valence electrons. The zero-order valence-electron chi connectivity index (χ0n) is 9.25. The summed E-state index contributed by atoms with van der Waals surface area (Å²) in [5.74, 6) is -0.211. The van der Waals surface area contributed by atoms with Crippen LogP contribution in [0.1, 0.15) is 18.9 Å². The number of hydrogen-bond donors (Lipinski definition) is 1. The highest BCUT2D eigenvalue weighted by Crippen LogP contribution is 2.07. The van der Waals surface area contributed by atoms with Crippen molar-refractivity contribution in [1.82, 2.24) is 0 Å². The molecule has 0 saturated heterocycles. The van der Waals surface area contributed by atoms with Gasteiger partial charge in [0.15, 0.2) is 0 Å². The first-order valence-electron chi connectivity index (χ1n) is 5.18. The van der Waals surface area contributed by atoms with Crippen molar-refractivity contribution in [2.45, 2.75) is 20.3 Å². The number of ether oxygens (including phenoxy) is 1. The molecule has 0 atom stereocenters. The minimum atomic E-state index is -0.211. The molecular weight excluding hydrogens is 190 g/mol. The lowest BCUT2D eigenvalue weighted by Gasteiger charge is -2.06. The summed E-state index contributed by atoms with van der Waals surface area (Å²) in [5.41, 5.74) is 2.14. The molecule has 0 spiro atoms. The van der Waals surface area contributed by atoms with Crippen LogP contribution in [0.4, 0.5) is 5.69 Å². The molecule has 0 aromatic heterocycles. The van der Waals surface area contributed by atoms with E-state index in [0.29, 0.717) is 6.61 Å². The van der Waals surface area contributed by atoms with Gasteiger partial charge in [-0.05, 0) is 25.5 Å². The maximum absolute atomic E-state index is 11.2. The molecule has 3 heteroatoms. The average Bonchev–Trinajstić information content (AvgIpc) is 2.25. The van der Waals surface area contributed by atoms with Gasteiger partial charge in [-0.1, -0.05) is 24.6 Å². The zero-order chi connectivity index (χ0) is 11.1. The van der Waals surface area contributed by atoms with E-state index in [0.717, 1.165) is 12.1 Å². The molecule has 1 N–H and O–H groups in total. The summed E-state index contributed by atoms with van der Waals surface area (Å²) in [7, 11) is 0. The molecule has 15 heavy (non-hydrogen) atoms. The summed E-state index contributed by atoms with van der Waals surface area (Å²) in [6, 6.07) is 7.89. The van der Waals surface area contributed by atoms with Gasteiger partial charge in [-0.25, -0.2) is 0 Å². The fourth-order valence-electron chi connectivity index (χ4n) is 1.11. The summed E-state index contributed by atoms with van der Waals surface area (Å²) < 4.78 is 4.94. The molecular formula is C12H17NO2. The number of esters is 1. The molecule has 1 aromatic rings. The van der Waals surface area contributed by atoms with Crippen molar-refractivity contribution in [3.8, 4) is 0 Å². The van der Waals surface area contributed by atoms with Gasteiger partial charge in [-0.15, -0.1) is 0 Å². The van der Waals surface area contributed by atoms with Gasteiger partial charge in [0.1, 0.15) is 6.54 Å². The SMILES string of the molecule is CCCOC(=O)CNc1ccc(C)cc1. The minimum absolute atomic E-state index is 0.211. The standard InChI is InChI=1S/C12H17NO2/c1-3-8-15-12(14)9-13-11-6-4-10(2)5-7-11/h4-7,13H,3,8-9H2,1-2H3. The Morgan fingerprint density at radius 2 is 2.00 bits per heavy atom. The number of aryl methyl sites for hydroxylation is 1. The smallest absolute Gasteiger partial charge is 0.325 e. The zero-order valence-corrected chi connectivity index (χ0v) is 9.25. The highest BCUT2D eigenvalue weighted by molar-refractivity contribution is 5.74.